The van der Waals surface area contributed by atoms with E-state index >= 15 is 0 Å². The molecule has 7 unspecified atom stereocenters. The van der Waals surface area contributed by atoms with E-state index in [9.17, 15) is 14.6 Å². The Balaban J connectivity index is 2.72. The summed E-state index contributed by atoms with van der Waals surface area (Å²) in [4.78, 5) is 9.89. The summed E-state index contributed by atoms with van der Waals surface area (Å²) < 4.78 is 22.5. The molecule has 0 amide bonds. The average Bonchev–Trinajstić information content (AvgIpc) is 2.45. The predicted octanol–water partition coefficient (Wildman–Crippen LogP) is 3.45. The summed E-state index contributed by atoms with van der Waals surface area (Å²) in [5.41, 5.74) is 0. The molecule has 0 aromatic carbocycles. The summed E-state index contributed by atoms with van der Waals surface area (Å²) >= 11 is 0. The lowest BCUT2D eigenvalue weighted by atomic mass is 9.66. The van der Waals surface area contributed by atoms with E-state index in [1.807, 2.05) is 27.7 Å². The van der Waals surface area contributed by atoms with Crippen LogP contribution in [0.4, 0.5) is 0 Å². The highest BCUT2D eigenvalue weighted by Gasteiger charge is 2.46. The Bertz CT molecular complexity index is 359. The molecule has 8 atom stereocenters. The van der Waals surface area contributed by atoms with Crippen molar-refractivity contribution in [3.8, 4) is 0 Å². The van der Waals surface area contributed by atoms with Crippen molar-refractivity contribution < 1.29 is 23.6 Å². The molecule has 1 fully saturated rings. The van der Waals surface area contributed by atoms with Gasteiger partial charge in [-0.05, 0) is 29.6 Å². The number of aliphatic hydroxyl groups is 1. The monoisotopic (exact) mass is 322 g/mol. The average molecular weight is 322 g/mol. The van der Waals surface area contributed by atoms with Crippen LogP contribution in [-0.4, -0.2) is 28.8 Å². The van der Waals surface area contributed by atoms with Gasteiger partial charge in [0.1, 0.15) is 0 Å². The Morgan fingerprint density at radius 1 is 1.10 bits per heavy atom. The molecule has 126 valence electrons. The molecule has 21 heavy (non-hydrogen) atoms. The zero-order valence-electron chi connectivity index (χ0n) is 14.0. The van der Waals surface area contributed by atoms with Gasteiger partial charge >= 0.3 is 7.82 Å². The maximum Gasteiger partial charge on any atom is 0.472 e. The van der Waals surface area contributed by atoms with Crippen molar-refractivity contribution in [2.75, 3.05) is 6.61 Å². The van der Waals surface area contributed by atoms with Gasteiger partial charge in [-0.1, -0.05) is 48.0 Å². The minimum atomic E-state index is -4.14. The van der Waals surface area contributed by atoms with Gasteiger partial charge in [0.25, 0.3) is 0 Å². The van der Waals surface area contributed by atoms with Gasteiger partial charge in [-0.2, -0.15) is 0 Å². The van der Waals surface area contributed by atoms with E-state index in [1.165, 1.54) is 0 Å². The first-order valence-electron chi connectivity index (χ1n) is 7.94. The maximum atomic E-state index is 12.1. The smallest absolute Gasteiger partial charge is 0.390 e. The van der Waals surface area contributed by atoms with E-state index < -0.39 is 20.0 Å². The first kappa shape index (κ1) is 19.1. The predicted molar refractivity (Wildman–Crippen MR) is 82.8 cm³/mol. The van der Waals surface area contributed by atoms with E-state index in [0.29, 0.717) is 11.8 Å². The molecule has 0 aromatic rings. The number of phosphoric ester groups is 1. The van der Waals surface area contributed by atoms with Crippen molar-refractivity contribution in [2.24, 2.45) is 29.6 Å². The third-order valence-electron chi connectivity index (χ3n) is 5.36. The molecule has 0 saturated heterocycles. The van der Waals surface area contributed by atoms with E-state index in [2.05, 4.69) is 13.8 Å². The van der Waals surface area contributed by atoms with Gasteiger partial charge in [-0.15, -0.1) is 0 Å². The van der Waals surface area contributed by atoms with Crippen LogP contribution in [0, 0.1) is 29.6 Å². The summed E-state index contributed by atoms with van der Waals surface area (Å²) in [5.74, 6) is 0.868. The van der Waals surface area contributed by atoms with Crippen LogP contribution in [0.1, 0.15) is 48.0 Å². The fourth-order valence-corrected chi connectivity index (χ4v) is 3.99. The fraction of sp³-hybridized carbons (Fsp3) is 1.00. The highest BCUT2D eigenvalue weighted by Crippen LogP contribution is 2.50. The zero-order chi connectivity index (χ0) is 16.4. The molecule has 0 bridgehead atoms. The van der Waals surface area contributed by atoms with Crippen LogP contribution in [0.2, 0.25) is 0 Å². The molecule has 6 heteroatoms. The third kappa shape index (κ3) is 4.77. The number of rotatable bonds is 6. The third-order valence-corrected chi connectivity index (χ3v) is 6.34. The van der Waals surface area contributed by atoms with Crippen molar-refractivity contribution in [1.82, 2.24) is 0 Å². The molecule has 0 spiro atoms. The maximum absolute atomic E-state index is 12.1. The van der Waals surface area contributed by atoms with E-state index in [4.69, 9.17) is 9.05 Å². The second-order valence-electron chi connectivity index (χ2n) is 6.77. The molecule has 2 N–H and O–H groups in total. The van der Waals surface area contributed by atoms with Crippen molar-refractivity contribution in [2.45, 2.75) is 60.2 Å². The molecule has 1 rings (SSSR count). The quantitative estimate of drug-likeness (QED) is 0.733. The second kappa shape index (κ2) is 7.56. The van der Waals surface area contributed by atoms with Crippen molar-refractivity contribution >= 4 is 7.82 Å². The molecule has 0 aromatic heterocycles. The summed E-state index contributed by atoms with van der Waals surface area (Å²) in [6, 6.07) is 0. The van der Waals surface area contributed by atoms with Crippen LogP contribution in [0.25, 0.3) is 0 Å². The highest BCUT2D eigenvalue weighted by atomic mass is 31.2. The fourth-order valence-electron chi connectivity index (χ4n) is 2.86. The Hall–Kier alpha value is 0.0700. The lowest BCUT2D eigenvalue weighted by Gasteiger charge is -2.45. The van der Waals surface area contributed by atoms with Crippen LogP contribution < -0.4 is 0 Å². The Kier molecular flexibility index (Phi) is 6.88. The van der Waals surface area contributed by atoms with Crippen molar-refractivity contribution in [3.05, 3.63) is 0 Å². The molecular formula is C15H31O5P. The van der Waals surface area contributed by atoms with Crippen LogP contribution in [0.15, 0.2) is 0 Å². The van der Waals surface area contributed by atoms with Crippen LogP contribution in [0.5, 0.6) is 0 Å². The van der Waals surface area contributed by atoms with Gasteiger partial charge in [-0.3, -0.25) is 9.05 Å². The van der Waals surface area contributed by atoms with Gasteiger partial charge < -0.3 is 10.00 Å². The van der Waals surface area contributed by atoms with Gasteiger partial charge in [0.05, 0.1) is 18.8 Å². The topological polar surface area (TPSA) is 76.0 Å². The molecule has 1 saturated carbocycles. The minimum absolute atomic E-state index is 0.00104. The van der Waals surface area contributed by atoms with Crippen molar-refractivity contribution in [3.63, 3.8) is 0 Å². The lowest BCUT2D eigenvalue weighted by Crippen LogP contribution is -2.50. The van der Waals surface area contributed by atoms with Gasteiger partial charge in [-0.25, -0.2) is 4.57 Å². The van der Waals surface area contributed by atoms with E-state index in [-0.39, 0.29) is 24.4 Å². The minimum Gasteiger partial charge on any atom is -0.390 e. The normalized spacial score (nSPS) is 41.5. The molecule has 1 aliphatic rings. The number of phosphoric acid groups is 1. The van der Waals surface area contributed by atoms with Gasteiger partial charge in [0.15, 0.2) is 0 Å². The van der Waals surface area contributed by atoms with Gasteiger partial charge in [0.2, 0.25) is 0 Å². The van der Waals surface area contributed by atoms with Crippen LogP contribution in [0.3, 0.4) is 0 Å². The first-order valence-corrected chi connectivity index (χ1v) is 9.44. The van der Waals surface area contributed by atoms with E-state index in [1.54, 1.807) is 0 Å². The summed E-state index contributed by atoms with van der Waals surface area (Å²) in [7, 11) is -4.14. The summed E-state index contributed by atoms with van der Waals surface area (Å²) in [6.45, 7) is 12.2. The van der Waals surface area contributed by atoms with E-state index in [0.717, 1.165) is 6.42 Å². The molecule has 0 radical (unpaired) electrons. The summed E-state index contributed by atoms with van der Waals surface area (Å²) in [6.07, 6.45) is -0.550. The second-order valence-corrected chi connectivity index (χ2v) is 8.18. The van der Waals surface area contributed by atoms with Crippen molar-refractivity contribution in [1.29, 1.82) is 0 Å². The Morgan fingerprint density at radius 3 is 2.14 bits per heavy atom. The molecule has 0 heterocycles. The van der Waals surface area contributed by atoms with Crippen LogP contribution >= 0.6 is 7.82 Å². The zero-order valence-corrected chi connectivity index (χ0v) is 14.9. The standard InChI is InChI=1S/C15H31O5P/c1-7-9(2)8-19-21(17,18)20-15-13(6)11(4)10(3)12(5)14(15)16/h9-16H,7-8H2,1-6H3,(H,17,18)/t9-,10?,11?,12?,13?,14?,15?/m1/s1. The number of hydrogen-bond acceptors (Lipinski definition) is 4. The largest absolute Gasteiger partial charge is 0.472 e. The molecular weight excluding hydrogens is 291 g/mol. The van der Waals surface area contributed by atoms with Gasteiger partial charge in [0, 0.05) is 0 Å². The molecule has 0 aliphatic heterocycles. The Labute approximate surface area is 128 Å². The molecule has 5 nitrogen and oxygen atoms in total. The number of hydrogen-bond donors (Lipinski definition) is 2. The Morgan fingerprint density at radius 2 is 1.62 bits per heavy atom. The van der Waals surface area contributed by atoms with Crippen LogP contribution in [-0.2, 0) is 13.6 Å². The highest BCUT2D eigenvalue weighted by molar-refractivity contribution is 7.47. The lowest BCUT2D eigenvalue weighted by molar-refractivity contribution is -0.107. The first-order chi connectivity index (χ1) is 9.60. The SMILES string of the molecule is CC[C@@H](C)COP(=O)(O)OC1C(C)C(C)C(C)C(C)C1O. The number of aliphatic hydroxyl groups excluding tert-OH is 1. The summed E-state index contributed by atoms with van der Waals surface area (Å²) in [5, 5.41) is 10.4. The molecule has 1 aliphatic carbocycles.